The van der Waals surface area contributed by atoms with Gasteiger partial charge in [-0.1, -0.05) is 18.2 Å². The Morgan fingerprint density at radius 1 is 1.06 bits per heavy atom. The van der Waals surface area contributed by atoms with Crippen LogP contribution in [0.15, 0.2) is 54.9 Å². The summed E-state index contributed by atoms with van der Waals surface area (Å²) in [6.07, 6.45) is -4.47. The first-order valence-electron chi connectivity index (χ1n) is 10.2. The molecule has 0 aliphatic carbocycles. The summed E-state index contributed by atoms with van der Waals surface area (Å²) in [5.74, 6) is -0.909. The number of amides is 2. The second-order valence-electron chi connectivity index (χ2n) is 7.67. The van der Waals surface area contributed by atoms with Crippen molar-refractivity contribution in [2.75, 3.05) is 16.4 Å². The highest BCUT2D eigenvalue weighted by molar-refractivity contribution is 6.01. The molecule has 2 aromatic carbocycles. The molecule has 4 N–H and O–H groups in total. The van der Waals surface area contributed by atoms with Crippen molar-refractivity contribution in [1.29, 1.82) is 0 Å². The van der Waals surface area contributed by atoms with E-state index in [9.17, 15) is 27.2 Å². The molecule has 0 spiro atoms. The highest BCUT2D eigenvalue weighted by atomic mass is 19.4. The molecule has 0 unspecified atom stereocenters. The summed E-state index contributed by atoms with van der Waals surface area (Å²) in [6.45, 7) is 1.40. The largest absolute Gasteiger partial charge is 0.393 e. The molecule has 8 nitrogen and oxygen atoms in total. The van der Waals surface area contributed by atoms with Crippen molar-refractivity contribution in [3.63, 3.8) is 0 Å². The molecule has 2 heterocycles. The molecule has 35 heavy (non-hydrogen) atoms. The van der Waals surface area contributed by atoms with Gasteiger partial charge in [0.1, 0.15) is 23.4 Å². The molecular weight excluding hydrogens is 468 g/mol. The summed E-state index contributed by atoms with van der Waals surface area (Å²) in [4.78, 5) is 28.3. The number of Topliss-reactive ketones (excluding diaryl/α,β-unsaturated/α-hetero) is 1. The van der Waals surface area contributed by atoms with Crippen molar-refractivity contribution >= 4 is 34.5 Å². The minimum absolute atomic E-state index is 0.179. The summed E-state index contributed by atoms with van der Waals surface area (Å²) in [7, 11) is 0. The number of halogens is 4. The van der Waals surface area contributed by atoms with E-state index in [0.717, 1.165) is 18.2 Å². The zero-order valence-corrected chi connectivity index (χ0v) is 18.2. The van der Waals surface area contributed by atoms with Gasteiger partial charge >= 0.3 is 12.2 Å². The van der Waals surface area contributed by atoms with Gasteiger partial charge in [0.25, 0.3) is 0 Å². The number of carbonyl (C=O) groups excluding carboxylic acids is 2. The van der Waals surface area contributed by atoms with Crippen molar-refractivity contribution < 1.29 is 27.2 Å². The van der Waals surface area contributed by atoms with Gasteiger partial charge in [0.15, 0.2) is 11.6 Å². The number of rotatable bonds is 5. The van der Waals surface area contributed by atoms with Crippen LogP contribution in [0, 0.1) is 5.82 Å². The molecule has 180 valence electrons. The molecule has 0 fully saturated rings. The van der Waals surface area contributed by atoms with E-state index >= 15 is 0 Å². The molecule has 12 heteroatoms. The van der Waals surface area contributed by atoms with Crippen molar-refractivity contribution in [3.8, 4) is 11.1 Å². The molecule has 0 saturated heterocycles. The summed E-state index contributed by atoms with van der Waals surface area (Å²) in [6, 6.07) is 10.0. The summed E-state index contributed by atoms with van der Waals surface area (Å²) in [5, 5.41) is 8.79. The lowest BCUT2D eigenvalue weighted by Gasteiger charge is -2.11. The maximum atomic E-state index is 14.0. The molecule has 0 aliphatic heterocycles. The second-order valence-corrected chi connectivity index (χ2v) is 7.67. The quantitative estimate of drug-likeness (QED) is 0.269. The molecule has 2 amide bonds. The predicted octanol–water partition coefficient (Wildman–Crippen LogP) is 5.07. The van der Waals surface area contributed by atoms with Crippen LogP contribution < -0.4 is 16.4 Å². The highest BCUT2D eigenvalue weighted by Crippen LogP contribution is 2.31. The van der Waals surface area contributed by atoms with Crippen LogP contribution in [0.1, 0.15) is 23.0 Å². The Bertz CT molecular complexity index is 1430. The number of nitrogens with two attached hydrogens (primary N) is 1. The highest BCUT2D eigenvalue weighted by Gasteiger charge is 2.28. The standard InChI is InChI=1S/C23H18F4N6O2/c1-12(34)19-9-16(20-21(28)29-11-30-33(19)20)14-3-5-15(6-4-14)31-22(35)32-18-8-13(2-7-17(18)24)10-23(25,26)27/h2-9,11H,10H2,1H3,(H2,28,29,30)(H2,31,32,35). The summed E-state index contributed by atoms with van der Waals surface area (Å²) in [5.41, 5.74) is 7.79. The van der Waals surface area contributed by atoms with E-state index in [1.807, 2.05) is 0 Å². The Balaban J connectivity index is 1.53. The average molecular weight is 486 g/mol. The fourth-order valence-corrected chi connectivity index (χ4v) is 3.57. The van der Waals surface area contributed by atoms with Gasteiger partial charge in [0.2, 0.25) is 0 Å². The molecule has 0 atom stereocenters. The van der Waals surface area contributed by atoms with Gasteiger partial charge in [-0.3, -0.25) is 4.79 Å². The number of benzene rings is 2. The molecule has 4 rings (SSSR count). The number of nitrogen functional groups attached to an aromatic ring is 1. The molecular formula is C23H18F4N6O2. The number of urea groups is 1. The zero-order chi connectivity index (χ0) is 25.3. The average Bonchev–Trinajstić information content (AvgIpc) is 3.17. The molecule has 0 aliphatic rings. The fraction of sp³-hybridized carbons (Fsp3) is 0.130. The number of hydrogen-bond donors (Lipinski definition) is 3. The number of fused-ring (bicyclic) bond motifs is 1. The van der Waals surface area contributed by atoms with E-state index < -0.39 is 24.4 Å². The zero-order valence-electron chi connectivity index (χ0n) is 18.2. The number of ketones is 1. The summed E-state index contributed by atoms with van der Waals surface area (Å²) < 4.78 is 53.2. The topological polar surface area (TPSA) is 114 Å². The fourth-order valence-electron chi connectivity index (χ4n) is 3.57. The third-order valence-electron chi connectivity index (χ3n) is 5.08. The van der Waals surface area contributed by atoms with Crippen LogP contribution in [0.5, 0.6) is 0 Å². The SMILES string of the molecule is CC(=O)c1cc(-c2ccc(NC(=O)Nc3cc(CC(F)(F)F)ccc3F)cc2)c2c(N)ncnn12. The van der Waals surface area contributed by atoms with E-state index in [0.29, 0.717) is 28.0 Å². The summed E-state index contributed by atoms with van der Waals surface area (Å²) >= 11 is 0. The maximum Gasteiger partial charge on any atom is 0.393 e. The van der Waals surface area contributed by atoms with E-state index in [1.54, 1.807) is 30.3 Å². The monoisotopic (exact) mass is 486 g/mol. The Labute approximate surface area is 195 Å². The number of nitrogens with zero attached hydrogens (tertiary/aromatic N) is 3. The number of aromatic nitrogens is 3. The van der Waals surface area contributed by atoms with E-state index in [-0.39, 0.29) is 22.9 Å². The first-order chi connectivity index (χ1) is 16.5. The van der Waals surface area contributed by atoms with Crippen LogP contribution in [0.2, 0.25) is 0 Å². The van der Waals surface area contributed by atoms with Crippen LogP contribution >= 0.6 is 0 Å². The van der Waals surface area contributed by atoms with Crippen molar-refractivity contribution in [3.05, 3.63) is 71.9 Å². The molecule has 2 aromatic heterocycles. The van der Waals surface area contributed by atoms with Crippen molar-refractivity contribution in [2.24, 2.45) is 0 Å². The lowest BCUT2D eigenvalue weighted by atomic mass is 10.1. The van der Waals surface area contributed by atoms with Crippen LogP contribution in [0.4, 0.5) is 39.5 Å². The number of carbonyl (C=O) groups is 2. The van der Waals surface area contributed by atoms with Crippen molar-refractivity contribution in [2.45, 2.75) is 19.5 Å². The molecule has 0 bridgehead atoms. The smallest absolute Gasteiger partial charge is 0.382 e. The van der Waals surface area contributed by atoms with Gasteiger partial charge in [-0.05, 0) is 41.5 Å². The van der Waals surface area contributed by atoms with Gasteiger partial charge in [-0.15, -0.1) is 0 Å². The first-order valence-corrected chi connectivity index (χ1v) is 10.2. The third kappa shape index (κ3) is 5.21. The van der Waals surface area contributed by atoms with Gasteiger partial charge in [-0.2, -0.15) is 18.3 Å². The lowest BCUT2D eigenvalue weighted by molar-refractivity contribution is -0.127. The number of anilines is 3. The molecule has 0 saturated carbocycles. The van der Waals surface area contributed by atoms with Gasteiger partial charge < -0.3 is 16.4 Å². The Kier molecular flexibility index (Phi) is 6.12. The number of alkyl halides is 3. The van der Waals surface area contributed by atoms with Gasteiger partial charge in [0.05, 0.1) is 12.1 Å². The van der Waals surface area contributed by atoms with E-state index in [1.165, 1.54) is 17.8 Å². The Morgan fingerprint density at radius 2 is 1.77 bits per heavy atom. The Hall–Kier alpha value is -4.48. The van der Waals surface area contributed by atoms with Gasteiger partial charge in [0, 0.05) is 18.2 Å². The lowest BCUT2D eigenvalue weighted by Crippen LogP contribution is -2.20. The van der Waals surface area contributed by atoms with Crippen LogP contribution in [-0.4, -0.2) is 32.6 Å². The van der Waals surface area contributed by atoms with Gasteiger partial charge in [-0.25, -0.2) is 18.7 Å². The minimum Gasteiger partial charge on any atom is -0.382 e. The van der Waals surface area contributed by atoms with Crippen LogP contribution in [0.3, 0.4) is 0 Å². The second kappa shape index (κ2) is 9.05. The number of nitrogens with one attached hydrogen (secondary N) is 2. The van der Waals surface area contributed by atoms with Crippen molar-refractivity contribution in [1.82, 2.24) is 14.6 Å². The molecule has 4 aromatic rings. The predicted molar refractivity (Wildman–Crippen MR) is 122 cm³/mol. The number of hydrogen-bond acceptors (Lipinski definition) is 5. The first kappa shape index (κ1) is 23.7. The van der Waals surface area contributed by atoms with E-state index in [4.69, 9.17) is 5.73 Å². The van der Waals surface area contributed by atoms with Crippen LogP contribution in [0.25, 0.3) is 16.6 Å². The normalized spacial score (nSPS) is 11.5. The van der Waals surface area contributed by atoms with Crippen LogP contribution in [-0.2, 0) is 6.42 Å². The molecule has 0 radical (unpaired) electrons. The third-order valence-corrected chi connectivity index (χ3v) is 5.08. The Morgan fingerprint density at radius 3 is 2.43 bits per heavy atom. The minimum atomic E-state index is -4.47. The maximum absolute atomic E-state index is 14.0. The van der Waals surface area contributed by atoms with E-state index in [2.05, 4.69) is 20.7 Å².